The minimum atomic E-state index is -0.810. The second-order valence-electron chi connectivity index (χ2n) is 4.09. The first-order valence-electron chi connectivity index (χ1n) is 5.25. The van der Waals surface area contributed by atoms with E-state index in [4.69, 9.17) is 5.11 Å². The molecule has 0 bridgehead atoms. The maximum absolute atomic E-state index is 11.1. The Morgan fingerprint density at radius 1 is 1.62 bits per heavy atom. The summed E-state index contributed by atoms with van der Waals surface area (Å²) in [5.74, 6) is -0.337. The van der Waals surface area contributed by atoms with Crippen LogP contribution in [-0.2, 0) is 4.79 Å². The van der Waals surface area contributed by atoms with E-state index in [1.165, 1.54) is 0 Å². The molecule has 0 amide bonds. The van der Waals surface area contributed by atoms with Crippen molar-refractivity contribution >= 4 is 11.9 Å². The maximum atomic E-state index is 11.1. The van der Waals surface area contributed by atoms with Gasteiger partial charge in [0, 0.05) is 18.4 Å². The molecule has 16 heavy (non-hydrogen) atoms. The van der Waals surface area contributed by atoms with Crippen molar-refractivity contribution in [3.8, 4) is 0 Å². The molecule has 1 unspecified atom stereocenters. The van der Waals surface area contributed by atoms with E-state index in [1.54, 1.807) is 19.2 Å². The zero-order valence-corrected chi connectivity index (χ0v) is 9.82. The molecule has 1 aromatic heterocycles. The Bertz CT molecular complexity index is 381. The molecule has 0 saturated carbocycles. The van der Waals surface area contributed by atoms with E-state index in [0.29, 0.717) is 18.9 Å². The van der Waals surface area contributed by atoms with Crippen LogP contribution in [0.25, 0.3) is 0 Å². The summed E-state index contributed by atoms with van der Waals surface area (Å²) in [4.78, 5) is 19.2. The SMILES string of the molecule is CCC(C)(CNc1nccc(C)n1)C(=O)O. The summed E-state index contributed by atoms with van der Waals surface area (Å²) in [6.45, 7) is 5.75. The fraction of sp³-hybridized carbons (Fsp3) is 0.545. The Kier molecular flexibility index (Phi) is 3.82. The van der Waals surface area contributed by atoms with Crippen LogP contribution in [0.15, 0.2) is 12.3 Å². The van der Waals surface area contributed by atoms with E-state index in [1.807, 2.05) is 13.8 Å². The van der Waals surface area contributed by atoms with Gasteiger partial charge in [0.1, 0.15) is 0 Å². The Morgan fingerprint density at radius 3 is 2.81 bits per heavy atom. The summed E-state index contributed by atoms with van der Waals surface area (Å²) >= 11 is 0. The van der Waals surface area contributed by atoms with Crippen molar-refractivity contribution in [2.75, 3.05) is 11.9 Å². The van der Waals surface area contributed by atoms with E-state index < -0.39 is 11.4 Å². The van der Waals surface area contributed by atoms with Gasteiger partial charge in [-0.3, -0.25) is 4.79 Å². The molecule has 0 fully saturated rings. The zero-order valence-electron chi connectivity index (χ0n) is 9.82. The molecule has 0 aliphatic heterocycles. The van der Waals surface area contributed by atoms with Gasteiger partial charge in [-0.1, -0.05) is 6.92 Å². The van der Waals surface area contributed by atoms with Crippen molar-refractivity contribution in [3.05, 3.63) is 18.0 Å². The molecular formula is C11H17N3O2. The zero-order chi connectivity index (χ0) is 12.2. The van der Waals surface area contributed by atoms with Crippen LogP contribution >= 0.6 is 0 Å². The molecule has 0 saturated heterocycles. The number of carbonyl (C=O) groups is 1. The van der Waals surface area contributed by atoms with Gasteiger partial charge in [0.05, 0.1) is 5.41 Å². The Labute approximate surface area is 94.9 Å². The summed E-state index contributed by atoms with van der Waals surface area (Å²) in [6.07, 6.45) is 2.20. The third kappa shape index (κ3) is 2.92. The number of carboxylic acids is 1. The number of hydrogen-bond acceptors (Lipinski definition) is 4. The van der Waals surface area contributed by atoms with Crippen LogP contribution in [0.4, 0.5) is 5.95 Å². The van der Waals surface area contributed by atoms with Crippen LogP contribution in [-0.4, -0.2) is 27.6 Å². The van der Waals surface area contributed by atoms with E-state index >= 15 is 0 Å². The standard InChI is InChI=1S/C11H17N3O2/c1-4-11(3,9(15)16)7-13-10-12-6-5-8(2)14-10/h5-6H,4,7H2,1-3H3,(H,15,16)(H,12,13,14). The van der Waals surface area contributed by atoms with Crippen LogP contribution in [0, 0.1) is 12.3 Å². The predicted molar refractivity (Wildman–Crippen MR) is 61.3 cm³/mol. The molecule has 0 aliphatic rings. The van der Waals surface area contributed by atoms with Gasteiger partial charge in [-0.15, -0.1) is 0 Å². The predicted octanol–water partition coefficient (Wildman–Crippen LogP) is 1.70. The molecule has 2 N–H and O–H groups in total. The quantitative estimate of drug-likeness (QED) is 0.794. The molecule has 1 atom stereocenters. The van der Waals surface area contributed by atoms with Crippen LogP contribution in [0.2, 0.25) is 0 Å². The molecule has 1 heterocycles. The van der Waals surface area contributed by atoms with Gasteiger partial charge >= 0.3 is 5.97 Å². The molecule has 0 aromatic carbocycles. The number of nitrogens with zero attached hydrogens (tertiary/aromatic N) is 2. The molecule has 0 radical (unpaired) electrons. The van der Waals surface area contributed by atoms with Gasteiger partial charge in [-0.25, -0.2) is 9.97 Å². The summed E-state index contributed by atoms with van der Waals surface area (Å²) < 4.78 is 0. The fourth-order valence-corrected chi connectivity index (χ4v) is 1.16. The van der Waals surface area contributed by atoms with Gasteiger partial charge in [0.2, 0.25) is 5.95 Å². The minimum absolute atomic E-state index is 0.322. The summed E-state index contributed by atoms with van der Waals surface area (Å²) in [6, 6.07) is 1.79. The highest BCUT2D eigenvalue weighted by molar-refractivity contribution is 5.74. The number of anilines is 1. The van der Waals surface area contributed by atoms with E-state index in [9.17, 15) is 4.79 Å². The lowest BCUT2D eigenvalue weighted by Gasteiger charge is -2.23. The van der Waals surface area contributed by atoms with Crippen LogP contribution in [0.1, 0.15) is 26.0 Å². The van der Waals surface area contributed by atoms with Gasteiger partial charge in [0.15, 0.2) is 0 Å². The molecule has 0 spiro atoms. The number of aromatic nitrogens is 2. The lowest BCUT2D eigenvalue weighted by molar-refractivity contribution is -0.147. The first-order valence-corrected chi connectivity index (χ1v) is 5.25. The summed E-state index contributed by atoms with van der Waals surface area (Å²) in [5.41, 5.74) is 0.0682. The van der Waals surface area contributed by atoms with Crippen LogP contribution in [0.3, 0.4) is 0 Å². The molecular weight excluding hydrogens is 206 g/mol. The number of aliphatic carboxylic acids is 1. The third-order valence-corrected chi connectivity index (χ3v) is 2.73. The van der Waals surface area contributed by atoms with E-state index in [0.717, 1.165) is 5.69 Å². The lowest BCUT2D eigenvalue weighted by Crippen LogP contribution is -2.34. The second-order valence-corrected chi connectivity index (χ2v) is 4.09. The van der Waals surface area contributed by atoms with Crippen LogP contribution < -0.4 is 5.32 Å². The highest BCUT2D eigenvalue weighted by atomic mass is 16.4. The second kappa shape index (κ2) is 4.92. The average molecular weight is 223 g/mol. The summed E-state index contributed by atoms with van der Waals surface area (Å²) in [5, 5.41) is 12.0. The highest BCUT2D eigenvalue weighted by Gasteiger charge is 2.30. The third-order valence-electron chi connectivity index (χ3n) is 2.73. The minimum Gasteiger partial charge on any atom is -0.481 e. The van der Waals surface area contributed by atoms with Crippen molar-refractivity contribution in [3.63, 3.8) is 0 Å². The lowest BCUT2D eigenvalue weighted by atomic mass is 9.88. The number of rotatable bonds is 5. The van der Waals surface area contributed by atoms with Gasteiger partial charge in [-0.05, 0) is 26.3 Å². The van der Waals surface area contributed by atoms with Gasteiger partial charge in [-0.2, -0.15) is 0 Å². The highest BCUT2D eigenvalue weighted by Crippen LogP contribution is 2.21. The van der Waals surface area contributed by atoms with Crippen molar-refractivity contribution < 1.29 is 9.90 Å². The van der Waals surface area contributed by atoms with Gasteiger partial charge < -0.3 is 10.4 Å². The Morgan fingerprint density at radius 2 is 2.31 bits per heavy atom. The molecule has 1 aromatic rings. The molecule has 0 aliphatic carbocycles. The monoisotopic (exact) mass is 223 g/mol. The first-order chi connectivity index (χ1) is 7.48. The Balaban J connectivity index is 2.66. The topological polar surface area (TPSA) is 75.1 Å². The van der Waals surface area contributed by atoms with Crippen molar-refractivity contribution in [2.45, 2.75) is 27.2 Å². The smallest absolute Gasteiger partial charge is 0.311 e. The number of carboxylic acid groups (broad SMARTS) is 1. The van der Waals surface area contributed by atoms with Crippen molar-refractivity contribution in [1.29, 1.82) is 0 Å². The van der Waals surface area contributed by atoms with E-state index in [2.05, 4.69) is 15.3 Å². The number of nitrogens with one attached hydrogen (secondary N) is 1. The first kappa shape index (κ1) is 12.4. The van der Waals surface area contributed by atoms with Crippen LogP contribution in [0.5, 0.6) is 0 Å². The van der Waals surface area contributed by atoms with Gasteiger partial charge in [0.25, 0.3) is 0 Å². The van der Waals surface area contributed by atoms with Crippen molar-refractivity contribution in [1.82, 2.24) is 9.97 Å². The summed E-state index contributed by atoms with van der Waals surface area (Å²) in [7, 11) is 0. The largest absolute Gasteiger partial charge is 0.481 e. The molecule has 1 rings (SSSR count). The molecule has 5 nitrogen and oxygen atoms in total. The average Bonchev–Trinajstić information content (AvgIpc) is 2.26. The Hall–Kier alpha value is -1.65. The fourth-order valence-electron chi connectivity index (χ4n) is 1.16. The van der Waals surface area contributed by atoms with E-state index in [-0.39, 0.29) is 0 Å². The normalized spacial score (nSPS) is 14.2. The number of aryl methyl sites for hydroxylation is 1. The number of hydrogen-bond donors (Lipinski definition) is 2. The molecule has 88 valence electrons. The molecule has 5 heteroatoms. The maximum Gasteiger partial charge on any atom is 0.311 e. The van der Waals surface area contributed by atoms with Crippen molar-refractivity contribution in [2.24, 2.45) is 5.41 Å².